The van der Waals surface area contributed by atoms with Crippen LogP contribution in [-0.2, 0) is 6.42 Å². The van der Waals surface area contributed by atoms with Crippen LogP contribution < -0.4 is 10.5 Å². The predicted octanol–water partition coefficient (Wildman–Crippen LogP) is 3.30. The number of nitrogens with two attached hydrogens (primary N) is 1. The SMILES string of the molecule is CCc1ccccc1OC(C(N)CC)C(F)(F)F. The van der Waals surface area contributed by atoms with Crippen LogP contribution in [0.4, 0.5) is 13.2 Å². The van der Waals surface area contributed by atoms with Gasteiger partial charge in [-0.2, -0.15) is 13.2 Å². The summed E-state index contributed by atoms with van der Waals surface area (Å²) in [6, 6.07) is 5.66. The summed E-state index contributed by atoms with van der Waals surface area (Å²) < 4.78 is 43.7. The van der Waals surface area contributed by atoms with Crippen LogP contribution in [0.2, 0.25) is 0 Å². The fourth-order valence-corrected chi connectivity index (χ4v) is 1.66. The summed E-state index contributed by atoms with van der Waals surface area (Å²) in [5.41, 5.74) is 6.24. The maximum atomic E-state index is 12.9. The van der Waals surface area contributed by atoms with Crippen molar-refractivity contribution in [1.82, 2.24) is 0 Å². The first-order chi connectivity index (χ1) is 8.40. The van der Waals surface area contributed by atoms with Crippen LogP contribution >= 0.6 is 0 Å². The Morgan fingerprint density at radius 2 is 1.83 bits per heavy atom. The number of hydrogen-bond donors (Lipinski definition) is 1. The van der Waals surface area contributed by atoms with E-state index in [0.29, 0.717) is 6.42 Å². The number of aryl methyl sites for hydroxylation is 1. The van der Waals surface area contributed by atoms with Gasteiger partial charge in [0.1, 0.15) is 5.75 Å². The lowest BCUT2D eigenvalue weighted by Gasteiger charge is -2.27. The second-order valence-corrected chi connectivity index (χ2v) is 4.11. The van der Waals surface area contributed by atoms with Crippen LogP contribution in [-0.4, -0.2) is 18.3 Å². The number of benzene rings is 1. The van der Waals surface area contributed by atoms with Crippen molar-refractivity contribution in [3.05, 3.63) is 29.8 Å². The minimum absolute atomic E-state index is 0.207. The number of alkyl halides is 3. The quantitative estimate of drug-likeness (QED) is 0.882. The molecule has 0 amide bonds. The van der Waals surface area contributed by atoms with E-state index in [9.17, 15) is 13.2 Å². The van der Waals surface area contributed by atoms with Crippen LogP contribution in [0.15, 0.2) is 24.3 Å². The maximum Gasteiger partial charge on any atom is 0.426 e. The van der Waals surface area contributed by atoms with Gasteiger partial charge in [-0.05, 0) is 24.5 Å². The molecule has 1 aromatic carbocycles. The third kappa shape index (κ3) is 3.63. The molecule has 1 aromatic rings. The maximum absolute atomic E-state index is 12.9. The highest BCUT2D eigenvalue weighted by molar-refractivity contribution is 5.33. The van der Waals surface area contributed by atoms with Crippen LogP contribution in [0.5, 0.6) is 5.75 Å². The third-order valence-electron chi connectivity index (χ3n) is 2.79. The van der Waals surface area contributed by atoms with Crippen LogP contribution in [0.3, 0.4) is 0 Å². The lowest BCUT2D eigenvalue weighted by atomic mass is 10.1. The fourth-order valence-electron chi connectivity index (χ4n) is 1.66. The van der Waals surface area contributed by atoms with Crippen LogP contribution in [0.25, 0.3) is 0 Å². The molecule has 2 unspecified atom stereocenters. The summed E-state index contributed by atoms with van der Waals surface area (Å²) in [4.78, 5) is 0. The minimum Gasteiger partial charge on any atom is -0.479 e. The lowest BCUT2D eigenvalue weighted by molar-refractivity contribution is -0.201. The van der Waals surface area contributed by atoms with E-state index >= 15 is 0 Å². The molecule has 0 saturated carbocycles. The zero-order valence-electron chi connectivity index (χ0n) is 10.5. The number of para-hydroxylation sites is 1. The third-order valence-corrected chi connectivity index (χ3v) is 2.79. The van der Waals surface area contributed by atoms with E-state index in [2.05, 4.69) is 0 Å². The van der Waals surface area contributed by atoms with E-state index in [1.165, 1.54) is 0 Å². The van der Waals surface area contributed by atoms with Gasteiger partial charge in [-0.25, -0.2) is 0 Å². The van der Waals surface area contributed by atoms with Crippen molar-refractivity contribution in [2.45, 2.75) is 45.0 Å². The van der Waals surface area contributed by atoms with E-state index in [0.717, 1.165) is 5.56 Å². The molecule has 102 valence electrons. The summed E-state index contributed by atoms with van der Waals surface area (Å²) in [5, 5.41) is 0. The molecule has 0 heterocycles. The van der Waals surface area contributed by atoms with Gasteiger partial charge in [0.15, 0.2) is 0 Å². The molecule has 0 aromatic heterocycles. The molecule has 5 heteroatoms. The van der Waals surface area contributed by atoms with E-state index in [1.807, 2.05) is 6.92 Å². The Kier molecular flexibility index (Phi) is 5.02. The summed E-state index contributed by atoms with van der Waals surface area (Å²) in [6.45, 7) is 3.48. The number of halogens is 3. The molecule has 0 saturated heterocycles. The molecule has 0 aliphatic heterocycles. The molecule has 0 bridgehead atoms. The monoisotopic (exact) mass is 261 g/mol. The van der Waals surface area contributed by atoms with Gasteiger partial charge in [-0.1, -0.05) is 32.0 Å². The van der Waals surface area contributed by atoms with Crippen LogP contribution in [0, 0.1) is 0 Å². The Labute approximate surface area is 105 Å². The molecule has 0 fully saturated rings. The van der Waals surface area contributed by atoms with E-state index in [-0.39, 0.29) is 12.2 Å². The minimum atomic E-state index is -4.46. The van der Waals surface area contributed by atoms with Crippen molar-refractivity contribution in [2.75, 3.05) is 0 Å². The summed E-state index contributed by atoms with van der Waals surface area (Å²) >= 11 is 0. The van der Waals surface area contributed by atoms with Gasteiger partial charge in [-0.15, -0.1) is 0 Å². The first-order valence-corrected chi connectivity index (χ1v) is 5.97. The lowest BCUT2D eigenvalue weighted by Crippen LogP contribution is -2.48. The van der Waals surface area contributed by atoms with Gasteiger partial charge in [0.25, 0.3) is 0 Å². The fraction of sp³-hybridized carbons (Fsp3) is 0.538. The van der Waals surface area contributed by atoms with Gasteiger partial charge < -0.3 is 10.5 Å². The predicted molar refractivity (Wildman–Crippen MR) is 64.6 cm³/mol. The Bertz CT molecular complexity index is 379. The first-order valence-electron chi connectivity index (χ1n) is 5.97. The molecule has 0 aliphatic carbocycles. The van der Waals surface area contributed by atoms with E-state index in [1.54, 1.807) is 31.2 Å². The Hall–Kier alpha value is -1.23. The molecule has 2 atom stereocenters. The second-order valence-electron chi connectivity index (χ2n) is 4.11. The van der Waals surface area contributed by atoms with Crippen molar-refractivity contribution in [3.8, 4) is 5.75 Å². The highest BCUT2D eigenvalue weighted by Crippen LogP contribution is 2.29. The van der Waals surface area contributed by atoms with Gasteiger partial charge in [0.05, 0.1) is 6.04 Å². The largest absolute Gasteiger partial charge is 0.479 e. The Morgan fingerprint density at radius 3 is 2.33 bits per heavy atom. The standard InChI is InChI=1S/C13H18F3NO/c1-3-9-7-5-6-8-11(9)18-12(10(17)4-2)13(14,15)16/h5-8,10,12H,3-4,17H2,1-2H3. The molecule has 2 N–H and O–H groups in total. The van der Waals surface area contributed by atoms with Crippen molar-refractivity contribution in [2.24, 2.45) is 5.73 Å². The molecule has 0 spiro atoms. The molecular weight excluding hydrogens is 243 g/mol. The van der Waals surface area contributed by atoms with Gasteiger partial charge in [0.2, 0.25) is 6.10 Å². The number of hydrogen-bond acceptors (Lipinski definition) is 2. The molecule has 18 heavy (non-hydrogen) atoms. The van der Waals surface area contributed by atoms with Crippen molar-refractivity contribution < 1.29 is 17.9 Å². The summed E-state index contributed by atoms with van der Waals surface area (Å²) in [7, 11) is 0. The Balaban J connectivity index is 2.96. The van der Waals surface area contributed by atoms with Gasteiger partial charge >= 0.3 is 6.18 Å². The van der Waals surface area contributed by atoms with Gasteiger partial charge in [0, 0.05) is 0 Å². The van der Waals surface area contributed by atoms with Crippen molar-refractivity contribution >= 4 is 0 Å². The summed E-state index contributed by atoms with van der Waals surface area (Å²) in [5.74, 6) is 0.256. The first kappa shape index (κ1) is 14.8. The topological polar surface area (TPSA) is 35.2 Å². The molecule has 0 aliphatic rings. The molecule has 0 radical (unpaired) electrons. The van der Waals surface area contributed by atoms with Gasteiger partial charge in [-0.3, -0.25) is 0 Å². The molecular formula is C13H18F3NO. The number of rotatable bonds is 5. The van der Waals surface area contributed by atoms with Crippen molar-refractivity contribution in [3.63, 3.8) is 0 Å². The average molecular weight is 261 g/mol. The molecule has 1 rings (SSSR count). The molecule has 2 nitrogen and oxygen atoms in total. The Morgan fingerprint density at radius 1 is 1.22 bits per heavy atom. The smallest absolute Gasteiger partial charge is 0.426 e. The van der Waals surface area contributed by atoms with Crippen molar-refractivity contribution in [1.29, 1.82) is 0 Å². The van der Waals surface area contributed by atoms with E-state index < -0.39 is 18.3 Å². The second kappa shape index (κ2) is 6.09. The zero-order chi connectivity index (χ0) is 13.8. The van der Waals surface area contributed by atoms with E-state index in [4.69, 9.17) is 10.5 Å². The average Bonchev–Trinajstić information content (AvgIpc) is 2.34. The zero-order valence-corrected chi connectivity index (χ0v) is 10.5. The normalized spacial score (nSPS) is 15.2. The van der Waals surface area contributed by atoms with Crippen LogP contribution in [0.1, 0.15) is 25.8 Å². The summed E-state index contributed by atoms with van der Waals surface area (Å²) in [6.07, 6.45) is -5.60. The highest BCUT2D eigenvalue weighted by Gasteiger charge is 2.45. The number of ether oxygens (including phenoxy) is 1. The highest BCUT2D eigenvalue weighted by atomic mass is 19.4.